The van der Waals surface area contributed by atoms with Crippen molar-refractivity contribution in [3.63, 3.8) is 0 Å². The molecule has 2 aromatic carbocycles. The average molecular weight is 262 g/mol. The zero-order chi connectivity index (χ0) is 14.5. The van der Waals surface area contributed by atoms with Crippen molar-refractivity contribution >= 4 is 35.1 Å². The molecular weight excluding hydrogens is 240 g/mol. The maximum Gasteiger partial charge on any atom is -0.00303 e. The maximum atomic E-state index is 3.97. The number of rotatable bonds is 3. The Morgan fingerprint density at radius 1 is 0.950 bits per heavy atom. The molecule has 0 radical (unpaired) electrons. The third-order valence-electron chi connectivity index (χ3n) is 3.59. The molecule has 0 amide bonds. The molecule has 2 aromatic rings. The second kappa shape index (κ2) is 6.38. The van der Waals surface area contributed by atoms with Gasteiger partial charge in [-0.2, -0.15) is 0 Å². The molecule has 102 valence electrons. The van der Waals surface area contributed by atoms with E-state index in [0.29, 0.717) is 0 Å². The van der Waals surface area contributed by atoms with E-state index in [1.165, 1.54) is 32.3 Å². The van der Waals surface area contributed by atoms with Gasteiger partial charge >= 0.3 is 0 Å². The van der Waals surface area contributed by atoms with Crippen LogP contribution in [0.3, 0.4) is 0 Å². The van der Waals surface area contributed by atoms with Crippen molar-refractivity contribution in [2.24, 2.45) is 0 Å². The van der Waals surface area contributed by atoms with Gasteiger partial charge in [0.1, 0.15) is 0 Å². The predicted octanol–water partition coefficient (Wildman–Crippen LogP) is 4.51. The molecule has 0 aromatic heterocycles. The lowest BCUT2D eigenvalue weighted by Crippen LogP contribution is -2.13. The lowest BCUT2D eigenvalue weighted by molar-refractivity contribution is 1.29. The van der Waals surface area contributed by atoms with E-state index >= 15 is 0 Å². The lowest BCUT2D eigenvalue weighted by atomic mass is 9.95. The highest BCUT2D eigenvalue weighted by Gasteiger charge is 2.05. The van der Waals surface area contributed by atoms with Gasteiger partial charge in [0.2, 0.25) is 0 Å². The first-order valence-corrected chi connectivity index (χ1v) is 7.24. The van der Waals surface area contributed by atoms with Crippen LogP contribution in [0.2, 0.25) is 0 Å². The number of allylic oxidation sites excluding steroid dienone is 1. The molecule has 0 unspecified atom stereocenters. The van der Waals surface area contributed by atoms with Crippen LogP contribution in [0.1, 0.15) is 38.3 Å². The molecule has 0 aliphatic rings. The van der Waals surface area contributed by atoms with Crippen LogP contribution in [0.15, 0.2) is 36.9 Å². The zero-order valence-corrected chi connectivity index (χ0v) is 12.6. The fraction of sp³-hybridized carbons (Fsp3) is 0.200. The SMILES string of the molecule is C=Cc1ccc(/C=C\C)c2/c(=C\C)cc/c(=C/CC)c12. The Kier molecular flexibility index (Phi) is 4.57. The third kappa shape index (κ3) is 2.46. The molecule has 20 heavy (non-hydrogen) atoms. The molecule has 0 N–H and O–H groups in total. The molecule has 0 aliphatic carbocycles. The van der Waals surface area contributed by atoms with E-state index in [-0.39, 0.29) is 0 Å². The Morgan fingerprint density at radius 2 is 1.60 bits per heavy atom. The standard InChI is InChI=1S/C20H22/c1-5-9-17-13-11-16(8-4)20-18(10-6-2)14-12-15(7-3)19(17)20/h6-14H,3,5H2,1-2,4H3/b10-6-,16-8-,17-9-. The summed E-state index contributed by atoms with van der Waals surface area (Å²) >= 11 is 0. The van der Waals surface area contributed by atoms with Crippen LogP contribution < -0.4 is 10.4 Å². The van der Waals surface area contributed by atoms with Crippen LogP contribution in [-0.4, -0.2) is 0 Å². The topological polar surface area (TPSA) is 0 Å². The van der Waals surface area contributed by atoms with Crippen LogP contribution in [-0.2, 0) is 0 Å². The third-order valence-corrected chi connectivity index (χ3v) is 3.59. The second-order valence-corrected chi connectivity index (χ2v) is 4.84. The summed E-state index contributed by atoms with van der Waals surface area (Å²) in [5.41, 5.74) is 2.48. The lowest BCUT2D eigenvalue weighted by Gasteiger charge is -2.09. The van der Waals surface area contributed by atoms with E-state index in [1.807, 2.05) is 6.08 Å². The summed E-state index contributed by atoms with van der Waals surface area (Å²) in [6, 6.07) is 8.77. The van der Waals surface area contributed by atoms with Gasteiger partial charge in [-0.25, -0.2) is 0 Å². The smallest absolute Gasteiger partial charge is 0.00303 e. The Balaban J connectivity index is 3.14. The first-order chi connectivity index (χ1) is 9.76. The van der Waals surface area contributed by atoms with Crippen LogP contribution in [0.5, 0.6) is 0 Å². The minimum absolute atomic E-state index is 1.04. The zero-order valence-electron chi connectivity index (χ0n) is 12.6. The van der Waals surface area contributed by atoms with Gasteiger partial charge in [0.25, 0.3) is 0 Å². The molecule has 0 nitrogen and oxygen atoms in total. The first kappa shape index (κ1) is 14.3. The van der Waals surface area contributed by atoms with Crippen molar-refractivity contribution < 1.29 is 0 Å². The summed E-state index contributed by atoms with van der Waals surface area (Å²) in [5.74, 6) is 0. The highest BCUT2D eigenvalue weighted by atomic mass is 14.1. The largest absolute Gasteiger partial charge is 0.0984 e. The van der Waals surface area contributed by atoms with Crippen LogP contribution >= 0.6 is 0 Å². The van der Waals surface area contributed by atoms with Gasteiger partial charge in [0.05, 0.1) is 0 Å². The summed E-state index contributed by atoms with van der Waals surface area (Å²) < 4.78 is 0. The van der Waals surface area contributed by atoms with Crippen LogP contribution in [0.4, 0.5) is 0 Å². The molecule has 0 fully saturated rings. The molecule has 0 spiro atoms. The molecular formula is C20H22. The fourth-order valence-electron chi connectivity index (χ4n) is 2.72. The van der Waals surface area contributed by atoms with E-state index in [9.17, 15) is 0 Å². The Hall–Kier alpha value is -2.08. The van der Waals surface area contributed by atoms with E-state index in [1.54, 1.807) is 0 Å². The minimum atomic E-state index is 1.04. The van der Waals surface area contributed by atoms with E-state index in [2.05, 4.69) is 75.9 Å². The average Bonchev–Trinajstić information content (AvgIpc) is 2.48. The van der Waals surface area contributed by atoms with E-state index in [4.69, 9.17) is 0 Å². The number of benzene rings is 2. The second-order valence-electron chi connectivity index (χ2n) is 4.84. The van der Waals surface area contributed by atoms with Gasteiger partial charge in [0.15, 0.2) is 0 Å². The summed E-state index contributed by atoms with van der Waals surface area (Å²) in [7, 11) is 0. The Labute approximate surface area is 121 Å². The van der Waals surface area contributed by atoms with Gasteiger partial charge in [-0.1, -0.05) is 68.1 Å². The van der Waals surface area contributed by atoms with Gasteiger partial charge in [-0.3, -0.25) is 0 Å². The Morgan fingerprint density at radius 3 is 2.20 bits per heavy atom. The van der Waals surface area contributed by atoms with Crippen molar-refractivity contribution in [3.8, 4) is 0 Å². The molecule has 0 aliphatic heterocycles. The molecule has 2 rings (SSSR count). The number of fused-ring (bicyclic) bond motifs is 1. The number of hydrogen-bond acceptors (Lipinski definition) is 0. The monoisotopic (exact) mass is 262 g/mol. The molecule has 0 heterocycles. The molecule has 0 saturated heterocycles. The quantitative estimate of drug-likeness (QED) is 0.763. The van der Waals surface area contributed by atoms with Gasteiger partial charge in [0, 0.05) is 0 Å². The first-order valence-electron chi connectivity index (χ1n) is 7.24. The van der Waals surface area contributed by atoms with Crippen molar-refractivity contribution in [3.05, 3.63) is 58.5 Å². The van der Waals surface area contributed by atoms with Crippen molar-refractivity contribution in [1.29, 1.82) is 0 Å². The number of hydrogen-bond donors (Lipinski definition) is 0. The molecule has 0 saturated carbocycles. The van der Waals surface area contributed by atoms with Gasteiger partial charge < -0.3 is 0 Å². The minimum Gasteiger partial charge on any atom is -0.0984 e. The van der Waals surface area contributed by atoms with Crippen LogP contribution in [0.25, 0.3) is 35.1 Å². The summed E-state index contributed by atoms with van der Waals surface area (Å²) in [6.45, 7) is 10.3. The van der Waals surface area contributed by atoms with Gasteiger partial charge in [-0.05, 0) is 52.6 Å². The summed E-state index contributed by atoms with van der Waals surface area (Å²) in [5, 5.41) is 5.22. The normalized spacial score (nSPS) is 13.6. The van der Waals surface area contributed by atoms with Crippen molar-refractivity contribution in [2.45, 2.75) is 27.2 Å². The highest BCUT2D eigenvalue weighted by Crippen LogP contribution is 2.19. The van der Waals surface area contributed by atoms with Crippen molar-refractivity contribution in [2.75, 3.05) is 0 Å². The fourth-order valence-corrected chi connectivity index (χ4v) is 2.72. The van der Waals surface area contributed by atoms with E-state index < -0.39 is 0 Å². The summed E-state index contributed by atoms with van der Waals surface area (Å²) in [6.07, 6.45) is 11.7. The van der Waals surface area contributed by atoms with Crippen molar-refractivity contribution in [1.82, 2.24) is 0 Å². The van der Waals surface area contributed by atoms with Crippen LogP contribution in [0, 0.1) is 0 Å². The Bertz CT molecular complexity index is 774. The van der Waals surface area contributed by atoms with E-state index in [0.717, 1.165) is 6.42 Å². The highest BCUT2D eigenvalue weighted by molar-refractivity contribution is 5.97. The summed E-state index contributed by atoms with van der Waals surface area (Å²) in [4.78, 5) is 0. The van der Waals surface area contributed by atoms with Gasteiger partial charge in [-0.15, -0.1) is 0 Å². The molecule has 0 heteroatoms. The predicted molar refractivity (Wildman–Crippen MR) is 92.9 cm³/mol. The molecule has 0 atom stereocenters. The maximum absolute atomic E-state index is 3.97. The molecule has 0 bridgehead atoms.